The monoisotopic (exact) mass is 364 g/mol. The average molecular weight is 364 g/mol. The van der Waals surface area contributed by atoms with Gasteiger partial charge >= 0.3 is 5.76 Å². The summed E-state index contributed by atoms with van der Waals surface area (Å²) in [7, 11) is 0. The summed E-state index contributed by atoms with van der Waals surface area (Å²) in [5, 5.41) is 16.2. The molecule has 0 saturated carbocycles. The molecule has 26 heavy (non-hydrogen) atoms. The zero-order valence-electron chi connectivity index (χ0n) is 14.5. The molecule has 1 aromatic heterocycles. The fourth-order valence-corrected chi connectivity index (χ4v) is 2.60. The van der Waals surface area contributed by atoms with Crippen LogP contribution in [0.4, 0.5) is 4.39 Å². The molecule has 7 nitrogen and oxygen atoms in total. The predicted molar refractivity (Wildman–Crippen MR) is 92.9 cm³/mol. The van der Waals surface area contributed by atoms with Gasteiger partial charge in [0.05, 0.1) is 6.10 Å². The number of hydrogen-bond acceptors (Lipinski definition) is 5. The third-order valence-corrected chi connectivity index (χ3v) is 4.27. The summed E-state index contributed by atoms with van der Waals surface area (Å²) >= 11 is 0. The van der Waals surface area contributed by atoms with Crippen LogP contribution >= 0.6 is 0 Å². The lowest BCUT2D eigenvalue weighted by Crippen LogP contribution is -2.37. The van der Waals surface area contributed by atoms with Crippen LogP contribution in [0.5, 0.6) is 0 Å². The number of carbonyl (C=O) groups excluding carboxylic acids is 1. The highest BCUT2D eigenvalue weighted by molar-refractivity contribution is 5.82. The molecule has 1 heterocycles. The van der Waals surface area contributed by atoms with Crippen LogP contribution in [0.15, 0.2) is 39.5 Å². The number of halogens is 1. The molecule has 2 aromatic rings. The standard InChI is InChI=1S/C18H23FN3O4/c1-18(19,16(20)24)10-9-13(15-21-22-17(25)26-15)11-14(23)8-7-12-5-3-2-4-6-12/h2-6,8,13-14,23H,7,9-11H2,1H3,(H2,20,24)(H,22,25). The van der Waals surface area contributed by atoms with Crippen LogP contribution in [0.2, 0.25) is 0 Å². The number of hydrogen-bond donors (Lipinski definition) is 3. The van der Waals surface area contributed by atoms with E-state index in [0.717, 1.165) is 12.5 Å². The van der Waals surface area contributed by atoms with E-state index in [1.54, 1.807) is 6.42 Å². The molecule has 141 valence electrons. The van der Waals surface area contributed by atoms with E-state index in [9.17, 15) is 19.1 Å². The molecular weight excluding hydrogens is 341 g/mol. The second-order valence-electron chi connectivity index (χ2n) is 6.48. The number of benzene rings is 1. The summed E-state index contributed by atoms with van der Waals surface area (Å²) in [6.45, 7) is 1.10. The van der Waals surface area contributed by atoms with Gasteiger partial charge in [0, 0.05) is 5.92 Å². The van der Waals surface area contributed by atoms with Crippen molar-refractivity contribution >= 4 is 5.91 Å². The zero-order chi connectivity index (χ0) is 19.2. The first-order valence-electron chi connectivity index (χ1n) is 8.37. The molecule has 0 saturated heterocycles. The van der Waals surface area contributed by atoms with Gasteiger partial charge in [0.25, 0.3) is 5.91 Å². The Kier molecular flexibility index (Phi) is 6.68. The van der Waals surface area contributed by atoms with E-state index >= 15 is 0 Å². The highest BCUT2D eigenvalue weighted by atomic mass is 19.1. The molecule has 0 spiro atoms. The van der Waals surface area contributed by atoms with Crippen molar-refractivity contribution in [2.45, 2.75) is 50.3 Å². The van der Waals surface area contributed by atoms with Gasteiger partial charge in [-0.2, -0.15) is 0 Å². The Balaban J connectivity index is 1.99. The molecule has 1 aromatic carbocycles. The first-order chi connectivity index (χ1) is 12.3. The van der Waals surface area contributed by atoms with E-state index in [-0.39, 0.29) is 25.2 Å². The first kappa shape index (κ1) is 19.8. The number of aromatic nitrogens is 2. The SMILES string of the molecule is CC(F)(CCC(CC(O)[CH]Cc1ccccc1)c1n[nH]c(=O)o1)C(N)=O. The number of carbonyl (C=O) groups is 1. The van der Waals surface area contributed by atoms with E-state index < -0.39 is 29.4 Å². The molecule has 0 aliphatic carbocycles. The summed E-state index contributed by atoms with van der Waals surface area (Å²) in [6.07, 6.45) is 1.60. The quantitative estimate of drug-likeness (QED) is 0.591. The predicted octanol–water partition coefficient (Wildman–Crippen LogP) is 1.64. The first-order valence-corrected chi connectivity index (χ1v) is 8.37. The number of alkyl halides is 1. The Morgan fingerprint density at radius 3 is 2.73 bits per heavy atom. The summed E-state index contributed by atoms with van der Waals surface area (Å²) in [6, 6.07) is 9.59. The van der Waals surface area contributed by atoms with E-state index in [1.165, 1.54) is 0 Å². The summed E-state index contributed by atoms with van der Waals surface area (Å²) in [5.41, 5.74) is 3.90. The Morgan fingerprint density at radius 1 is 1.46 bits per heavy atom. The van der Waals surface area contributed by atoms with Gasteiger partial charge in [0.15, 0.2) is 5.67 Å². The third-order valence-electron chi connectivity index (χ3n) is 4.27. The molecule has 3 atom stereocenters. The number of aliphatic hydroxyl groups excluding tert-OH is 1. The lowest BCUT2D eigenvalue weighted by Gasteiger charge is -2.21. The van der Waals surface area contributed by atoms with Gasteiger partial charge in [-0.25, -0.2) is 14.3 Å². The molecule has 0 bridgehead atoms. The van der Waals surface area contributed by atoms with Crippen LogP contribution in [-0.2, 0) is 11.2 Å². The number of aliphatic hydroxyl groups is 1. The minimum absolute atomic E-state index is 0.0717. The molecule has 4 N–H and O–H groups in total. The van der Waals surface area contributed by atoms with Crippen molar-refractivity contribution < 1.29 is 18.7 Å². The normalized spacial score (nSPS) is 16.0. The van der Waals surface area contributed by atoms with Gasteiger partial charge in [-0.3, -0.25) is 4.79 Å². The molecule has 3 unspecified atom stereocenters. The highest BCUT2D eigenvalue weighted by Crippen LogP contribution is 2.29. The Morgan fingerprint density at radius 2 is 2.15 bits per heavy atom. The van der Waals surface area contributed by atoms with Crippen molar-refractivity contribution in [3.63, 3.8) is 0 Å². The number of aromatic amines is 1. The molecule has 0 fully saturated rings. The number of nitrogens with zero attached hydrogens (tertiary/aromatic N) is 1. The van der Waals surface area contributed by atoms with E-state index in [1.807, 2.05) is 30.3 Å². The number of rotatable bonds is 10. The highest BCUT2D eigenvalue weighted by Gasteiger charge is 2.33. The summed E-state index contributed by atoms with van der Waals surface area (Å²) < 4.78 is 19.1. The summed E-state index contributed by atoms with van der Waals surface area (Å²) in [4.78, 5) is 22.3. The Hall–Kier alpha value is -2.48. The van der Waals surface area contributed by atoms with Crippen molar-refractivity contribution in [1.82, 2.24) is 10.2 Å². The fourth-order valence-electron chi connectivity index (χ4n) is 2.60. The fraction of sp³-hybridized carbons (Fsp3) is 0.444. The van der Waals surface area contributed by atoms with Crippen molar-refractivity contribution in [2.24, 2.45) is 5.73 Å². The molecule has 0 aliphatic rings. The van der Waals surface area contributed by atoms with Crippen LogP contribution in [0.25, 0.3) is 0 Å². The smallest absolute Gasteiger partial charge is 0.393 e. The third kappa shape index (κ3) is 5.80. The molecule has 0 aliphatic heterocycles. The van der Waals surface area contributed by atoms with Crippen LogP contribution in [0, 0.1) is 6.42 Å². The van der Waals surface area contributed by atoms with Crippen LogP contribution in [0.3, 0.4) is 0 Å². The number of amides is 1. The van der Waals surface area contributed by atoms with Crippen molar-refractivity contribution in [1.29, 1.82) is 0 Å². The molecule has 1 radical (unpaired) electrons. The number of primary amides is 1. The van der Waals surface area contributed by atoms with Crippen LogP contribution < -0.4 is 11.5 Å². The number of nitrogens with two attached hydrogens (primary N) is 1. The van der Waals surface area contributed by atoms with Gasteiger partial charge in [-0.1, -0.05) is 30.3 Å². The average Bonchev–Trinajstić information content (AvgIpc) is 3.04. The largest absolute Gasteiger partial charge is 0.434 e. The van der Waals surface area contributed by atoms with E-state index in [0.29, 0.717) is 6.42 Å². The maximum absolute atomic E-state index is 14.1. The minimum atomic E-state index is -2.19. The lowest BCUT2D eigenvalue weighted by molar-refractivity contribution is -0.128. The molecular formula is C18H23FN3O4. The molecule has 8 heteroatoms. The zero-order valence-corrected chi connectivity index (χ0v) is 14.5. The number of H-pyrrole nitrogens is 1. The van der Waals surface area contributed by atoms with Crippen molar-refractivity contribution in [3.8, 4) is 0 Å². The van der Waals surface area contributed by atoms with Crippen LogP contribution in [0.1, 0.15) is 43.6 Å². The minimum Gasteiger partial charge on any atom is -0.393 e. The molecule has 2 rings (SSSR count). The van der Waals surface area contributed by atoms with Crippen molar-refractivity contribution in [2.75, 3.05) is 0 Å². The van der Waals surface area contributed by atoms with Crippen molar-refractivity contribution in [3.05, 3.63) is 58.8 Å². The second-order valence-corrected chi connectivity index (χ2v) is 6.48. The van der Waals surface area contributed by atoms with E-state index in [4.69, 9.17) is 10.2 Å². The maximum atomic E-state index is 14.1. The Labute approximate surface area is 150 Å². The summed E-state index contributed by atoms with van der Waals surface area (Å²) in [5.74, 6) is -2.26. The van der Waals surface area contributed by atoms with E-state index in [2.05, 4.69) is 10.2 Å². The lowest BCUT2D eigenvalue weighted by atomic mass is 9.89. The van der Waals surface area contributed by atoms with Gasteiger partial charge in [0.1, 0.15) is 0 Å². The van der Waals surface area contributed by atoms with Gasteiger partial charge < -0.3 is 15.3 Å². The van der Waals surface area contributed by atoms with Gasteiger partial charge in [-0.05, 0) is 44.6 Å². The topological polar surface area (TPSA) is 122 Å². The number of nitrogens with one attached hydrogen (secondary N) is 1. The Bertz CT molecular complexity index is 757. The van der Waals surface area contributed by atoms with Gasteiger partial charge in [0.2, 0.25) is 5.89 Å². The second kappa shape index (κ2) is 8.75. The maximum Gasteiger partial charge on any atom is 0.434 e. The molecule has 1 amide bonds. The van der Waals surface area contributed by atoms with Crippen LogP contribution in [-0.4, -0.2) is 33.0 Å². The van der Waals surface area contributed by atoms with Gasteiger partial charge in [-0.15, -0.1) is 5.10 Å².